The zero-order valence-electron chi connectivity index (χ0n) is 8.91. The molecule has 1 heterocycles. The largest absolute Gasteiger partial charge is 0.152 e. The lowest BCUT2D eigenvalue weighted by atomic mass is 10.0. The van der Waals surface area contributed by atoms with E-state index in [1.165, 1.54) is 16.7 Å². The highest BCUT2D eigenvalue weighted by atomic mass is 79.9. The minimum absolute atomic E-state index is 0.0470. The third-order valence-electron chi connectivity index (χ3n) is 2.42. The van der Waals surface area contributed by atoms with Gasteiger partial charge in [0, 0.05) is 4.47 Å². The Morgan fingerprint density at radius 1 is 1.38 bits per heavy atom. The monoisotopic (exact) mass is 314 g/mol. The second-order valence-electron chi connectivity index (χ2n) is 3.87. The van der Waals surface area contributed by atoms with Gasteiger partial charge in [-0.05, 0) is 59.0 Å². The zero-order chi connectivity index (χ0) is 11.5. The van der Waals surface area contributed by atoms with E-state index in [4.69, 9.17) is 11.6 Å². The van der Waals surface area contributed by atoms with Crippen molar-refractivity contribution in [2.45, 2.75) is 18.7 Å². The van der Waals surface area contributed by atoms with Crippen LogP contribution >= 0.6 is 38.9 Å². The molecule has 1 aromatic carbocycles. The van der Waals surface area contributed by atoms with Crippen LogP contribution in [-0.2, 0) is 6.42 Å². The van der Waals surface area contributed by atoms with Crippen molar-refractivity contribution in [2.24, 2.45) is 0 Å². The summed E-state index contributed by atoms with van der Waals surface area (Å²) in [4.78, 5) is 0. The molecule has 0 aliphatic rings. The Hall–Kier alpha value is -0.310. The molecule has 1 aromatic heterocycles. The summed E-state index contributed by atoms with van der Waals surface area (Å²) < 4.78 is 1.10. The number of thiophene rings is 1. The SMILES string of the molecule is Cc1cc(Br)cc(C(Cl)Cc2ccsc2)c1. The molecule has 16 heavy (non-hydrogen) atoms. The Bertz CT molecular complexity index is 445. The number of halogens is 2. The fraction of sp³-hybridized carbons (Fsp3) is 0.231. The van der Waals surface area contributed by atoms with Crippen molar-refractivity contribution in [1.82, 2.24) is 0 Å². The summed E-state index contributed by atoms with van der Waals surface area (Å²) in [7, 11) is 0. The van der Waals surface area contributed by atoms with Gasteiger partial charge < -0.3 is 0 Å². The lowest BCUT2D eigenvalue weighted by Crippen LogP contribution is -1.95. The maximum absolute atomic E-state index is 6.43. The third kappa shape index (κ3) is 3.09. The lowest BCUT2D eigenvalue weighted by molar-refractivity contribution is 0.921. The summed E-state index contributed by atoms with van der Waals surface area (Å²) in [6.45, 7) is 2.09. The van der Waals surface area contributed by atoms with E-state index in [9.17, 15) is 0 Å². The van der Waals surface area contributed by atoms with Gasteiger partial charge >= 0.3 is 0 Å². The van der Waals surface area contributed by atoms with E-state index >= 15 is 0 Å². The van der Waals surface area contributed by atoms with Gasteiger partial charge in [-0.15, -0.1) is 11.6 Å². The number of aryl methyl sites for hydroxylation is 1. The van der Waals surface area contributed by atoms with E-state index in [0.29, 0.717) is 0 Å². The van der Waals surface area contributed by atoms with Crippen LogP contribution in [0.4, 0.5) is 0 Å². The Morgan fingerprint density at radius 2 is 2.19 bits per heavy atom. The van der Waals surface area contributed by atoms with Gasteiger partial charge in [-0.2, -0.15) is 11.3 Å². The molecule has 3 heteroatoms. The van der Waals surface area contributed by atoms with Gasteiger partial charge in [0.25, 0.3) is 0 Å². The molecule has 0 aliphatic heterocycles. The molecule has 0 saturated carbocycles. The highest BCUT2D eigenvalue weighted by molar-refractivity contribution is 9.10. The van der Waals surface area contributed by atoms with Crippen LogP contribution in [0.1, 0.15) is 22.1 Å². The Kier molecular flexibility index (Phi) is 4.06. The van der Waals surface area contributed by atoms with Gasteiger partial charge in [-0.25, -0.2) is 0 Å². The van der Waals surface area contributed by atoms with E-state index in [1.807, 2.05) is 0 Å². The minimum Gasteiger partial charge on any atom is -0.152 e. The molecule has 0 nitrogen and oxygen atoms in total. The molecular formula is C13H12BrClS. The molecule has 0 saturated heterocycles. The molecular weight excluding hydrogens is 304 g/mol. The average molecular weight is 316 g/mol. The molecule has 0 radical (unpaired) electrons. The molecule has 0 fully saturated rings. The summed E-state index contributed by atoms with van der Waals surface area (Å²) in [5, 5.41) is 4.29. The summed E-state index contributed by atoms with van der Waals surface area (Å²) in [6, 6.07) is 8.47. The first-order valence-corrected chi connectivity index (χ1v) is 7.24. The standard InChI is InChI=1S/C13H12BrClS/c1-9-4-11(7-12(14)5-9)13(15)6-10-2-3-16-8-10/h2-5,7-8,13H,6H2,1H3. The Balaban J connectivity index is 2.17. The summed E-state index contributed by atoms with van der Waals surface area (Å²) >= 11 is 11.6. The first-order valence-electron chi connectivity index (χ1n) is 5.07. The van der Waals surface area contributed by atoms with Crippen LogP contribution in [0, 0.1) is 6.92 Å². The van der Waals surface area contributed by atoms with Gasteiger partial charge in [0.2, 0.25) is 0 Å². The van der Waals surface area contributed by atoms with Crippen molar-refractivity contribution in [3.63, 3.8) is 0 Å². The van der Waals surface area contributed by atoms with Crippen LogP contribution in [0.25, 0.3) is 0 Å². The van der Waals surface area contributed by atoms with Crippen molar-refractivity contribution in [3.8, 4) is 0 Å². The molecule has 84 valence electrons. The maximum atomic E-state index is 6.43. The van der Waals surface area contributed by atoms with Crippen LogP contribution < -0.4 is 0 Å². The van der Waals surface area contributed by atoms with Crippen molar-refractivity contribution in [1.29, 1.82) is 0 Å². The second-order valence-corrected chi connectivity index (χ2v) is 6.09. The number of hydrogen-bond acceptors (Lipinski definition) is 1. The number of alkyl halides is 1. The van der Waals surface area contributed by atoms with Gasteiger partial charge in [0.05, 0.1) is 5.38 Å². The van der Waals surface area contributed by atoms with Crippen LogP contribution in [-0.4, -0.2) is 0 Å². The fourth-order valence-corrected chi connectivity index (χ4v) is 3.29. The topological polar surface area (TPSA) is 0 Å². The highest BCUT2D eigenvalue weighted by Crippen LogP contribution is 2.28. The molecule has 1 unspecified atom stereocenters. The van der Waals surface area contributed by atoms with Crippen LogP contribution in [0.3, 0.4) is 0 Å². The van der Waals surface area contributed by atoms with Gasteiger partial charge in [-0.3, -0.25) is 0 Å². The van der Waals surface area contributed by atoms with Crippen LogP contribution in [0.2, 0.25) is 0 Å². The van der Waals surface area contributed by atoms with Crippen molar-refractivity contribution in [2.75, 3.05) is 0 Å². The predicted molar refractivity (Wildman–Crippen MR) is 75.5 cm³/mol. The maximum Gasteiger partial charge on any atom is 0.0626 e. The summed E-state index contributed by atoms with van der Waals surface area (Å²) in [5.41, 5.74) is 3.72. The first kappa shape index (κ1) is 12.2. The van der Waals surface area contributed by atoms with E-state index in [1.54, 1.807) is 11.3 Å². The third-order valence-corrected chi connectivity index (χ3v) is 4.02. The van der Waals surface area contributed by atoms with E-state index in [-0.39, 0.29) is 5.38 Å². The smallest absolute Gasteiger partial charge is 0.0626 e. The van der Waals surface area contributed by atoms with Crippen LogP contribution in [0.15, 0.2) is 39.5 Å². The molecule has 0 bridgehead atoms. The van der Waals surface area contributed by atoms with Gasteiger partial charge in [-0.1, -0.05) is 22.0 Å². The fourth-order valence-electron chi connectivity index (χ4n) is 1.68. The second kappa shape index (κ2) is 5.35. The number of benzene rings is 1. The molecule has 0 amide bonds. The van der Waals surface area contributed by atoms with Gasteiger partial charge in [0.15, 0.2) is 0 Å². The van der Waals surface area contributed by atoms with Crippen molar-refractivity contribution < 1.29 is 0 Å². The molecule has 2 aromatic rings. The number of hydrogen-bond donors (Lipinski definition) is 0. The summed E-state index contributed by atoms with van der Waals surface area (Å²) in [6.07, 6.45) is 0.890. The first-order chi connectivity index (χ1) is 7.65. The average Bonchev–Trinajstić information content (AvgIpc) is 2.68. The van der Waals surface area contributed by atoms with E-state index in [2.05, 4.69) is 57.9 Å². The highest BCUT2D eigenvalue weighted by Gasteiger charge is 2.10. The minimum atomic E-state index is 0.0470. The zero-order valence-corrected chi connectivity index (χ0v) is 12.1. The quantitative estimate of drug-likeness (QED) is 0.670. The molecule has 0 aliphatic carbocycles. The molecule has 0 spiro atoms. The van der Waals surface area contributed by atoms with Crippen molar-refractivity contribution in [3.05, 3.63) is 56.2 Å². The van der Waals surface area contributed by atoms with E-state index in [0.717, 1.165) is 10.9 Å². The normalized spacial score (nSPS) is 12.7. The molecule has 2 rings (SSSR count). The van der Waals surface area contributed by atoms with Crippen LogP contribution in [0.5, 0.6) is 0 Å². The Morgan fingerprint density at radius 3 is 2.81 bits per heavy atom. The van der Waals surface area contributed by atoms with Gasteiger partial charge in [0.1, 0.15) is 0 Å². The van der Waals surface area contributed by atoms with Crippen molar-refractivity contribution >= 4 is 38.9 Å². The lowest BCUT2D eigenvalue weighted by Gasteiger charge is -2.10. The summed E-state index contributed by atoms with van der Waals surface area (Å²) in [5.74, 6) is 0. The van der Waals surface area contributed by atoms with E-state index < -0.39 is 0 Å². The predicted octanol–water partition coefficient (Wildman–Crippen LogP) is 5.34. The number of rotatable bonds is 3. The molecule has 0 N–H and O–H groups in total. The Labute approximate surface area is 113 Å². The molecule has 1 atom stereocenters.